The van der Waals surface area contributed by atoms with Gasteiger partial charge in [0, 0.05) is 6.42 Å². The van der Waals surface area contributed by atoms with Gasteiger partial charge < -0.3 is 9.47 Å². The van der Waals surface area contributed by atoms with Crippen molar-refractivity contribution in [3.05, 3.63) is 35.9 Å². The molecule has 17 heavy (non-hydrogen) atoms. The Kier molecular flexibility index (Phi) is 4.57. The molecule has 0 unspecified atom stereocenters. The Labute approximate surface area is 104 Å². The highest BCUT2D eigenvalue weighted by Crippen LogP contribution is 2.21. The Morgan fingerprint density at radius 2 is 2.00 bits per heavy atom. The molecule has 1 aromatic carbocycles. The molecule has 1 fully saturated rings. The van der Waals surface area contributed by atoms with E-state index in [0.717, 1.165) is 25.9 Å². The lowest BCUT2D eigenvalue weighted by Gasteiger charge is -2.13. The van der Waals surface area contributed by atoms with Crippen LogP contribution in [0.2, 0.25) is 0 Å². The van der Waals surface area contributed by atoms with E-state index < -0.39 is 0 Å². The third kappa shape index (κ3) is 4.14. The molecule has 1 saturated heterocycles. The minimum atomic E-state index is 0.0239. The third-order valence-electron chi connectivity index (χ3n) is 3.07. The van der Waals surface area contributed by atoms with Crippen LogP contribution in [0.1, 0.15) is 32.3 Å². The van der Waals surface area contributed by atoms with Crippen LogP contribution < -0.4 is 0 Å². The molecule has 1 aliphatic heterocycles. The number of hydrogen-bond acceptors (Lipinski definition) is 2. The third-order valence-corrected chi connectivity index (χ3v) is 3.07. The lowest BCUT2D eigenvalue weighted by molar-refractivity contribution is -0.0696. The van der Waals surface area contributed by atoms with Gasteiger partial charge in [-0.25, -0.2) is 0 Å². The lowest BCUT2D eigenvalue weighted by atomic mass is 10.1. The molecule has 0 aliphatic carbocycles. The zero-order valence-corrected chi connectivity index (χ0v) is 10.8. The van der Waals surface area contributed by atoms with E-state index in [9.17, 15) is 0 Å². The van der Waals surface area contributed by atoms with Crippen molar-refractivity contribution >= 4 is 0 Å². The molecule has 0 aromatic heterocycles. The predicted molar refractivity (Wildman–Crippen MR) is 68.8 cm³/mol. The Morgan fingerprint density at radius 3 is 2.71 bits per heavy atom. The van der Waals surface area contributed by atoms with E-state index in [0.29, 0.717) is 5.92 Å². The Balaban J connectivity index is 1.71. The number of benzene rings is 1. The fourth-order valence-corrected chi connectivity index (χ4v) is 2.14. The van der Waals surface area contributed by atoms with Crippen molar-refractivity contribution in [2.45, 2.75) is 45.5 Å². The van der Waals surface area contributed by atoms with Crippen molar-refractivity contribution in [2.24, 2.45) is 5.92 Å². The first-order valence-electron chi connectivity index (χ1n) is 6.55. The van der Waals surface area contributed by atoms with Crippen LogP contribution in [0.3, 0.4) is 0 Å². The molecule has 1 aliphatic rings. The molecule has 0 spiro atoms. The maximum absolute atomic E-state index is 5.87. The van der Waals surface area contributed by atoms with Gasteiger partial charge in [0.2, 0.25) is 0 Å². The van der Waals surface area contributed by atoms with E-state index in [4.69, 9.17) is 9.47 Å². The van der Waals surface area contributed by atoms with Gasteiger partial charge in [-0.1, -0.05) is 44.2 Å². The van der Waals surface area contributed by atoms with Crippen molar-refractivity contribution in [1.29, 1.82) is 0 Å². The summed E-state index contributed by atoms with van der Waals surface area (Å²) in [5.74, 6) is 0.632. The van der Waals surface area contributed by atoms with Crippen molar-refractivity contribution in [3.8, 4) is 0 Å². The topological polar surface area (TPSA) is 18.5 Å². The van der Waals surface area contributed by atoms with Gasteiger partial charge in [-0.15, -0.1) is 0 Å². The number of ether oxygens (including phenoxy) is 2. The second-order valence-electron chi connectivity index (χ2n) is 5.17. The molecular formula is C15H22O2. The van der Waals surface area contributed by atoms with E-state index in [2.05, 4.69) is 44.2 Å². The van der Waals surface area contributed by atoms with Gasteiger partial charge in [0.05, 0.1) is 12.7 Å². The molecule has 1 heterocycles. The molecule has 2 nitrogen and oxygen atoms in total. The molecule has 0 saturated carbocycles. The van der Waals surface area contributed by atoms with Crippen LogP contribution in [-0.2, 0) is 15.9 Å². The van der Waals surface area contributed by atoms with Crippen LogP contribution in [0.4, 0.5) is 0 Å². The highest BCUT2D eigenvalue weighted by atomic mass is 16.7. The molecule has 0 radical (unpaired) electrons. The first kappa shape index (κ1) is 12.6. The summed E-state index contributed by atoms with van der Waals surface area (Å²) in [6.07, 6.45) is 3.43. The van der Waals surface area contributed by atoms with Crippen LogP contribution in [0.15, 0.2) is 30.3 Å². The molecule has 2 atom stereocenters. The Morgan fingerprint density at radius 1 is 1.24 bits per heavy atom. The minimum Gasteiger partial charge on any atom is -0.350 e. The fourth-order valence-electron chi connectivity index (χ4n) is 2.14. The van der Waals surface area contributed by atoms with Crippen LogP contribution in [0.5, 0.6) is 0 Å². The highest BCUT2D eigenvalue weighted by Gasteiger charge is 2.25. The molecule has 94 valence electrons. The van der Waals surface area contributed by atoms with Crippen molar-refractivity contribution in [3.63, 3.8) is 0 Å². The van der Waals surface area contributed by atoms with E-state index in [1.165, 1.54) is 5.56 Å². The number of rotatable bonds is 5. The summed E-state index contributed by atoms with van der Waals surface area (Å²) in [6, 6.07) is 10.6. The quantitative estimate of drug-likeness (QED) is 0.777. The van der Waals surface area contributed by atoms with Gasteiger partial charge in [0.1, 0.15) is 0 Å². The average molecular weight is 234 g/mol. The summed E-state index contributed by atoms with van der Waals surface area (Å²) in [6.45, 7) is 5.15. The zero-order valence-electron chi connectivity index (χ0n) is 10.8. The molecule has 2 rings (SSSR count). The largest absolute Gasteiger partial charge is 0.350 e. The summed E-state index contributed by atoms with van der Waals surface area (Å²) in [5.41, 5.74) is 1.38. The lowest BCUT2D eigenvalue weighted by Crippen LogP contribution is -2.14. The van der Waals surface area contributed by atoms with Gasteiger partial charge in [-0.05, 0) is 24.3 Å². The number of aryl methyl sites for hydroxylation is 1. The van der Waals surface area contributed by atoms with Crippen LogP contribution in [0.25, 0.3) is 0 Å². The molecule has 1 aromatic rings. The normalized spacial score (nSPS) is 24.4. The predicted octanol–water partition coefficient (Wildman–Crippen LogP) is 3.41. The summed E-state index contributed by atoms with van der Waals surface area (Å²) >= 11 is 0. The van der Waals surface area contributed by atoms with E-state index in [-0.39, 0.29) is 12.4 Å². The highest BCUT2D eigenvalue weighted by molar-refractivity contribution is 5.14. The van der Waals surface area contributed by atoms with Crippen molar-refractivity contribution in [1.82, 2.24) is 0 Å². The Bertz CT molecular complexity index is 321. The van der Waals surface area contributed by atoms with Gasteiger partial charge in [0.15, 0.2) is 6.29 Å². The molecular weight excluding hydrogens is 212 g/mol. The molecule has 0 amide bonds. The van der Waals surface area contributed by atoms with Gasteiger partial charge in [-0.3, -0.25) is 0 Å². The second-order valence-corrected chi connectivity index (χ2v) is 5.17. The van der Waals surface area contributed by atoms with Crippen LogP contribution >= 0.6 is 0 Å². The molecule has 0 bridgehead atoms. The first-order valence-corrected chi connectivity index (χ1v) is 6.55. The van der Waals surface area contributed by atoms with Crippen LogP contribution in [-0.4, -0.2) is 19.0 Å². The molecule has 0 N–H and O–H groups in total. The fraction of sp³-hybridized carbons (Fsp3) is 0.600. The minimum absolute atomic E-state index is 0.0239. The Hall–Kier alpha value is -0.860. The summed E-state index contributed by atoms with van der Waals surface area (Å²) < 4.78 is 11.5. The second kappa shape index (κ2) is 6.18. The van der Waals surface area contributed by atoms with Gasteiger partial charge in [-0.2, -0.15) is 0 Å². The summed E-state index contributed by atoms with van der Waals surface area (Å²) in [7, 11) is 0. The van der Waals surface area contributed by atoms with E-state index in [1.54, 1.807) is 0 Å². The SMILES string of the molecule is CC(C)C[C@H]1OC[C@H](CCc2ccccc2)O1. The summed E-state index contributed by atoms with van der Waals surface area (Å²) in [5, 5.41) is 0. The monoisotopic (exact) mass is 234 g/mol. The van der Waals surface area contributed by atoms with Crippen LogP contribution in [0, 0.1) is 5.92 Å². The van der Waals surface area contributed by atoms with E-state index >= 15 is 0 Å². The average Bonchev–Trinajstić information content (AvgIpc) is 2.75. The zero-order chi connectivity index (χ0) is 12.1. The summed E-state index contributed by atoms with van der Waals surface area (Å²) in [4.78, 5) is 0. The maximum Gasteiger partial charge on any atom is 0.158 e. The van der Waals surface area contributed by atoms with E-state index in [1.807, 2.05) is 0 Å². The van der Waals surface area contributed by atoms with Gasteiger partial charge >= 0.3 is 0 Å². The molecule has 2 heteroatoms. The van der Waals surface area contributed by atoms with Crippen molar-refractivity contribution in [2.75, 3.05) is 6.61 Å². The maximum atomic E-state index is 5.87. The smallest absolute Gasteiger partial charge is 0.158 e. The standard InChI is InChI=1S/C15H22O2/c1-12(2)10-15-16-11-14(17-15)9-8-13-6-4-3-5-7-13/h3-7,12,14-15H,8-11H2,1-2H3/t14-,15-/m0/s1. The van der Waals surface area contributed by atoms with Gasteiger partial charge in [0.25, 0.3) is 0 Å². The first-order chi connectivity index (χ1) is 8.24. The van der Waals surface area contributed by atoms with Crippen molar-refractivity contribution < 1.29 is 9.47 Å². The number of hydrogen-bond donors (Lipinski definition) is 0.